The van der Waals surface area contributed by atoms with Gasteiger partial charge in [-0.25, -0.2) is 9.79 Å². The zero-order valence-corrected chi connectivity index (χ0v) is 8.63. The molecule has 2 unspecified atom stereocenters. The third kappa shape index (κ3) is 1.60. The Bertz CT molecular complexity index is 345. The lowest BCUT2D eigenvalue weighted by Crippen LogP contribution is -2.22. The molecule has 0 radical (unpaired) electrons. The molecule has 2 atom stereocenters. The van der Waals surface area contributed by atoms with Crippen molar-refractivity contribution in [2.45, 2.75) is 12.1 Å². The van der Waals surface area contributed by atoms with E-state index >= 15 is 0 Å². The van der Waals surface area contributed by atoms with Gasteiger partial charge in [-0.15, -0.1) is 0 Å². The molecule has 0 fully saturated rings. The highest BCUT2D eigenvalue weighted by Gasteiger charge is 2.29. The SMILES string of the molecule is O=C(O)C1=CC2OC(I)=NC2C=C1. The van der Waals surface area contributed by atoms with E-state index in [1.807, 2.05) is 22.6 Å². The first-order valence-electron chi connectivity index (χ1n) is 3.70. The zero-order chi connectivity index (χ0) is 9.42. The van der Waals surface area contributed by atoms with Crippen LogP contribution in [-0.4, -0.2) is 27.1 Å². The number of aliphatic imine (C=N–C) groups is 1. The molecule has 0 amide bonds. The van der Waals surface area contributed by atoms with Crippen molar-refractivity contribution >= 4 is 32.5 Å². The summed E-state index contributed by atoms with van der Waals surface area (Å²) in [7, 11) is 0. The van der Waals surface area contributed by atoms with Crippen molar-refractivity contribution in [1.29, 1.82) is 0 Å². The topological polar surface area (TPSA) is 58.9 Å². The van der Waals surface area contributed by atoms with E-state index < -0.39 is 5.97 Å². The van der Waals surface area contributed by atoms with Gasteiger partial charge >= 0.3 is 5.97 Å². The largest absolute Gasteiger partial charge is 0.478 e. The first-order valence-corrected chi connectivity index (χ1v) is 4.78. The number of rotatable bonds is 1. The summed E-state index contributed by atoms with van der Waals surface area (Å²) in [6, 6.07) is -0.0463. The van der Waals surface area contributed by atoms with Crippen LogP contribution in [-0.2, 0) is 9.53 Å². The molecule has 5 heteroatoms. The second kappa shape index (κ2) is 3.13. The van der Waals surface area contributed by atoms with Gasteiger partial charge in [-0.05, 0) is 12.2 Å². The standard InChI is InChI=1S/C8H6INO3/c9-8-10-5-2-1-4(7(11)12)3-6(5)13-8/h1-3,5-6H,(H,11,12). The van der Waals surface area contributed by atoms with E-state index in [1.165, 1.54) is 0 Å². The average molecular weight is 291 g/mol. The smallest absolute Gasteiger partial charge is 0.335 e. The maximum absolute atomic E-state index is 10.6. The molecule has 0 aromatic carbocycles. The maximum atomic E-state index is 10.6. The molecule has 2 rings (SSSR count). The molecular weight excluding hydrogens is 285 g/mol. The molecule has 0 aromatic rings. The third-order valence-corrected chi connectivity index (χ3v) is 2.42. The van der Waals surface area contributed by atoms with Crippen molar-refractivity contribution in [3.8, 4) is 0 Å². The second-order valence-electron chi connectivity index (χ2n) is 2.74. The molecule has 0 aromatic heterocycles. The highest BCUT2D eigenvalue weighted by Crippen LogP contribution is 2.24. The number of halogens is 1. The molecule has 68 valence electrons. The highest BCUT2D eigenvalue weighted by molar-refractivity contribution is 14.1. The number of hydrogen-bond donors (Lipinski definition) is 1. The van der Waals surface area contributed by atoms with Crippen LogP contribution in [0.1, 0.15) is 0 Å². The minimum absolute atomic E-state index is 0.0463. The lowest BCUT2D eigenvalue weighted by molar-refractivity contribution is -0.132. The average Bonchev–Trinajstić information content (AvgIpc) is 2.42. The van der Waals surface area contributed by atoms with Crippen molar-refractivity contribution in [2.75, 3.05) is 0 Å². The van der Waals surface area contributed by atoms with E-state index in [9.17, 15) is 4.79 Å². The monoisotopic (exact) mass is 291 g/mol. The maximum Gasteiger partial charge on any atom is 0.335 e. The molecule has 1 heterocycles. The van der Waals surface area contributed by atoms with Crippen LogP contribution in [0.15, 0.2) is 28.8 Å². The van der Waals surface area contributed by atoms with E-state index in [0.29, 0.717) is 3.90 Å². The molecule has 1 aliphatic carbocycles. The number of carboxylic acids is 1. The Balaban J connectivity index is 2.23. The lowest BCUT2D eigenvalue weighted by Gasteiger charge is -2.14. The number of hydrogen-bond acceptors (Lipinski definition) is 3. The Labute approximate surface area is 88.1 Å². The van der Waals surface area contributed by atoms with Crippen LogP contribution >= 0.6 is 22.6 Å². The zero-order valence-electron chi connectivity index (χ0n) is 6.48. The molecule has 0 bridgehead atoms. The second-order valence-corrected chi connectivity index (χ2v) is 3.66. The number of nitrogens with zero attached hydrogens (tertiary/aromatic N) is 1. The van der Waals surface area contributed by atoms with E-state index in [2.05, 4.69) is 4.99 Å². The van der Waals surface area contributed by atoms with Crippen LogP contribution in [0.2, 0.25) is 0 Å². The first kappa shape index (κ1) is 8.74. The van der Waals surface area contributed by atoms with Gasteiger partial charge < -0.3 is 9.84 Å². The van der Waals surface area contributed by atoms with Crippen molar-refractivity contribution in [2.24, 2.45) is 4.99 Å². The molecule has 4 nitrogen and oxygen atoms in total. The fourth-order valence-corrected chi connectivity index (χ4v) is 1.88. The minimum atomic E-state index is -0.930. The number of fused-ring (bicyclic) bond motifs is 1. The fraction of sp³-hybridized carbons (Fsp3) is 0.250. The summed E-state index contributed by atoms with van der Waals surface area (Å²) in [5.74, 6) is -0.930. The Hall–Kier alpha value is -0.850. The molecule has 0 spiro atoms. The predicted octanol–water partition coefficient (Wildman–Crippen LogP) is 1.13. The third-order valence-electron chi connectivity index (χ3n) is 1.88. The number of aliphatic carboxylic acids is 1. The van der Waals surface area contributed by atoms with Crippen molar-refractivity contribution < 1.29 is 14.6 Å². The summed E-state index contributed by atoms with van der Waals surface area (Å²) in [5.41, 5.74) is 0.266. The van der Waals surface area contributed by atoms with Crippen LogP contribution in [0.5, 0.6) is 0 Å². The van der Waals surface area contributed by atoms with E-state index in [-0.39, 0.29) is 17.7 Å². The van der Waals surface area contributed by atoms with Gasteiger partial charge in [0, 0.05) is 22.6 Å². The molecular formula is C8H6INO3. The number of ether oxygens (including phenoxy) is 1. The van der Waals surface area contributed by atoms with Gasteiger partial charge in [-0.3, -0.25) is 0 Å². The van der Waals surface area contributed by atoms with Crippen LogP contribution in [0.4, 0.5) is 0 Å². The van der Waals surface area contributed by atoms with Crippen molar-refractivity contribution in [3.63, 3.8) is 0 Å². The van der Waals surface area contributed by atoms with Crippen molar-refractivity contribution in [1.82, 2.24) is 0 Å². The van der Waals surface area contributed by atoms with E-state index in [1.54, 1.807) is 18.2 Å². The van der Waals surface area contributed by atoms with Crippen LogP contribution in [0, 0.1) is 0 Å². The van der Waals surface area contributed by atoms with Crippen LogP contribution < -0.4 is 0 Å². The number of carboxylic acid groups (broad SMARTS) is 1. The van der Waals surface area contributed by atoms with Gasteiger partial charge in [0.25, 0.3) is 0 Å². The van der Waals surface area contributed by atoms with Gasteiger partial charge in [0.1, 0.15) is 12.1 Å². The summed E-state index contributed by atoms with van der Waals surface area (Å²) >= 11 is 1.98. The minimum Gasteiger partial charge on any atom is -0.478 e. The van der Waals surface area contributed by atoms with Crippen LogP contribution in [0.25, 0.3) is 0 Å². The molecule has 2 aliphatic rings. The summed E-state index contributed by atoms with van der Waals surface area (Å²) in [4.78, 5) is 14.8. The van der Waals surface area contributed by atoms with Gasteiger partial charge in [-0.2, -0.15) is 0 Å². The van der Waals surface area contributed by atoms with E-state index in [4.69, 9.17) is 9.84 Å². The van der Waals surface area contributed by atoms with Gasteiger partial charge in [0.2, 0.25) is 3.90 Å². The van der Waals surface area contributed by atoms with Crippen LogP contribution in [0.3, 0.4) is 0 Å². The summed E-state index contributed by atoms with van der Waals surface area (Å²) in [6.07, 6.45) is 4.66. The van der Waals surface area contributed by atoms with E-state index in [0.717, 1.165) is 0 Å². The number of carbonyl (C=O) groups is 1. The first-order chi connectivity index (χ1) is 6.16. The fourth-order valence-electron chi connectivity index (χ4n) is 1.27. The molecule has 1 N–H and O–H groups in total. The lowest BCUT2D eigenvalue weighted by atomic mass is 10.0. The quantitative estimate of drug-likeness (QED) is 0.737. The predicted molar refractivity (Wildman–Crippen MR) is 55.0 cm³/mol. The molecule has 0 saturated heterocycles. The summed E-state index contributed by atoms with van der Waals surface area (Å²) in [5, 5.41) is 8.71. The van der Waals surface area contributed by atoms with Gasteiger partial charge in [0.05, 0.1) is 5.57 Å². The molecule has 0 saturated carbocycles. The van der Waals surface area contributed by atoms with Gasteiger partial charge in [-0.1, -0.05) is 6.08 Å². The Morgan fingerprint density at radius 3 is 3.15 bits per heavy atom. The Kier molecular flexibility index (Phi) is 2.10. The normalized spacial score (nSPS) is 30.2. The van der Waals surface area contributed by atoms with Gasteiger partial charge in [0.15, 0.2) is 0 Å². The Morgan fingerprint density at radius 2 is 2.46 bits per heavy atom. The molecule has 13 heavy (non-hydrogen) atoms. The Morgan fingerprint density at radius 1 is 1.69 bits per heavy atom. The summed E-state index contributed by atoms with van der Waals surface area (Å²) < 4.78 is 5.87. The van der Waals surface area contributed by atoms with Crippen molar-refractivity contribution in [3.05, 3.63) is 23.8 Å². The summed E-state index contributed by atoms with van der Waals surface area (Å²) in [6.45, 7) is 0. The highest BCUT2D eigenvalue weighted by atomic mass is 127. The molecule has 1 aliphatic heterocycles.